The van der Waals surface area contributed by atoms with Crippen LogP contribution in [0.15, 0.2) is 66.9 Å². The number of hydrogen-bond acceptors (Lipinski definition) is 7. The van der Waals surface area contributed by atoms with Crippen molar-refractivity contribution in [1.29, 1.82) is 0 Å². The monoisotopic (exact) mass is 547 g/mol. The molecule has 0 radical (unpaired) electrons. The summed E-state index contributed by atoms with van der Waals surface area (Å²) in [6, 6.07) is 15.4. The molecule has 10 nitrogen and oxygen atoms in total. The van der Waals surface area contributed by atoms with Crippen LogP contribution in [0.5, 0.6) is 5.75 Å². The number of hydrogen-bond donors (Lipinski definition) is 3. The van der Waals surface area contributed by atoms with Crippen LogP contribution in [0.1, 0.15) is 15.9 Å². The molecule has 1 amide bonds. The predicted molar refractivity (Wildman–Crippen MR) is 133 cm³/mol. The number of alkyl halides is 2. The standard InChI is InChI=1S/C23H19ClF2N6O4S/c24-15-7-4-13(5-8-15)12-36-17-11-14(6-9-16(17)32(23(25)26)37(34)35)20-19(21(27)33)22(31-30-20)29-18-3-1-2-10-28-18/h1-11,23H,12H2,(H2,27,33)(H,34,35)(H2,28,29,30,31)/p-1. The topological polar surface area (TPSA) is 149 Å². The summed E-state index contributed by atoms with van der Waals surface area (Å²) < 4.78 is 55.9. The van der Waals surface area contributed by atoms with Crippen LogP contribution in [0.3, 0.4) is 0 Å². The van der Waals surface area contributed by atoms with Crippen molar-refractivity contribution >= 4 is 46.1 Å². The molecule has 0 saturated carbocycles. The van der Waals surface area contributed by atoms with Crippen LogP contribution in [0, 0.1) is 0 Å². The first kappa shape index (κ1) is 26.0. The van der Waals surface area contributed by atoms with E-state index in [9.17, 15) is 22.3 Å². The van der Waals surface area contributed by atoms with E-state index in [1.165, 1.54) is 18.3 Å². The lowest BCUT2D eigenvalue weighted by Gasteiger charge is -2.27. The van der Waals surface area contributed by atoms with Gasteiger partial charge in [-0.3, -0.25) is 14.1 Å². The minimum absolute atomic E-state index is 0.0276. The molecule has 0 aliphatic heterocycles. The van der Waals surface area contributed by atoms with E-state index in [1.54, 1.807) is 42.5 Å². The Balaban J connectivity index is 1.75. The van der Waals surface area contributed by atoms with Gasteiger partial charge in [0.15, 0.2) is 5.82 Å². The highest BCUT2D eigenvalue weighted by atomic mass is 35.5. The van der Waals surface area contributed by atoms with E-state index in [0.29, 0.717) is 16.4 Å². The van der Waals surface area contributed by atoms with E-state index in [1.807, 2.05) is 0 Å². The molecule has 0 spiro atoms. The smallest absolute Gasteiger partial charge is 0.325 e. The summed E-state index contributed by atoms with van der Waals surface area (Å²) in [7, 11) is 0. The fourth-order valence-electron chi connectivity index (χ4n) is 3.40. The van der Waals surface area contributed by atoms with Gasteiger partial charge in [-0.1, -0.05) is 35.9 Å². The molecule has 192 valence electrons. The van der Waals surface area contributed by atoms with Crippen molar-refractivity contribution in [2.75, 3.05) is 9.62 Å². The second kappa shape index (κ2) is 11.3. The number of rotatable bonds is 10. The van der Waals surface area contributed by atoms with Crippen LogP contribution in [0.4, 0.5) is 26.1 Å². The number of nitrogens with two attached hydrogens (primary N) is 1. The van der Waals surface area contributed by atoms with Gasteiger partial charge < -0.3 is 20.3 Å². The first-order chi connectivity index (χ1) is 17.7. The summed E-state index contributed by atoms with van der Waals surface area (Å²) in [6.45, 7) is -3.46. The van der Waals surface area contributed by atoms with Gasteiger partial charge in [0.05, 0.1) is 22.6 Å². The van der Waals surface area contributed by atoms with Crippen molar-refractivity contribution in [3.05, 3.63) is 83.0 Å². The minimum Gasteiger partial charge on any atom is -0.755 e. The first-order valence-electron chi connectivity index (χ1n) is 10.5. The van der Waals surface area contributed by atoms with Gasteiger partial charge in [0, 0.05) is 16.8 Å². The average Bonchev–Trinajstić information content (AvgIpc) is 3.28. The van der Waals surface area contributed by atoms with Gasteiger partial charge in [0.2, 0.25) is 0 Å². The van der Waals surface area contributed by atoms with E-state index in [4.69, 9.17) is 22.1 Å². The molecule has 0 saturated heterocycles. The molecule has 1 unspecified atom stereocenters. The predicted octanol–water partition coefficient (Wildman–Crippen LogP) is 4.37. The molecule has 0 aliphatic rings. The van der Waals surface area contributed by atoms with Crippen LogP contribution >= 0.6 is 11.6 Å². The number of carbonyl (C=O) groups is 1. The summed E-state index contributed by atoms with van der Waals surface area (Å²) in [4.78, 5) is 16.4. The fourth-order valence-corrected chi connectivity index (χ4v) is 3.97. The Kier molecular flexibility index (Phi) is 7.96. The molecule has 4 aromatic rings. The van der Waals surface area contributed by atoms with Crippen LogP contribution in [0.2, 0.25) is 5.02 Å². The van der Waals surface area contributed by atoms with Crippen molar-refractivity contribution in [3.8, 4) is 17.0 Å². The molecule has 37 heavy (non-hydrogen) atoms. The van der Waals surface area contributed by atoms with Gasteiger partial charge in [-0.25, -0.2) is 9.29 Å². The average molecular weight is 548 g/mol. The van der Waals surface area contributed by atoms with E-state index in [0.717, 1.165) is 6.07 Å². The highest BCUT2D eigenvalue weighted by Gasteiger charge is 2.25. The molecule has 2 aromatic carbocycles. The number of pyridine rings is 1. The van der Waals surface area contributed by atoms with Crippen LogP contribution < -0.4 is 20.1 Å². The molecule has 0 fully saturated rings. The fraction of sp³-hybridized carbons (Fsp3) is 0.0870. The van der Waals surface area contributed by atoms with Crippen LogP contribution in [0.25, 0.3) is 11.3 Å². The van der Waals surface area contributed by atoms with Gasteiger partial charge in [-0.05, 0) is 42.0 Å². The number of aromatic nitrogens is 3. The SMILES string of the molecule is NC(=O)c1c(Nc2ccccn2)n[nH]c1-c1ccc(N(C(F)F)S(=O)[O-])c(OCc2ccc(Cl)cc2)c1. The van der Waals surface area contributed by atoms with Crippen molar-refractivity contribution < 1.29 is 27.1 Å². The molecule has 0 aliphatic carbocycles. The van der Waals surface area contributed by atoms with Crippen LogP contribution in [-0.4, -0.2) is 36.4 Å². The Bertz CT molecular complexity index is 1420. The van der Waals surface area contributed by atoms with Gasteiger partial charge in [0.25, 0.3) is 5.91 Å². The Morgan fingerprint density at radius 1 is 1.22 bits per heavy atom. The number of nitrogens with zero attached hydrogens (tertiary/aromatic N) is 3. The number of nitrogens with one attached hydrogen (secondary N) is 2. The van der Waals surface area contributed by atoms with Crippen molar-refractivity contribution in [1.82, 2.24) is 15.2 Å². The second-order valence-corrected chi connectivity index (χ2v) is 8.71. The zero-order valence-electron chi connectivity index (χ0n) is 18.7. The molecule has 2 aromatic heterocycles. The number of halogens is 3. The number of anilines is 3. The van der Waals surface area contributed by atoms with Crippen molar-refractivity contribution in [3.63, 3.8) is 0 Å². The third-order valence-electron chi connectivity index (χ3n) is 5.06. The van der Waals surface area contributed by atoms with E-state index < -0.39 is 29.4 Å². The van der Waals surface area contributed by atoms with Gasteiger partial charge in [-0.15, -0.1) is 0 Å². The Morgan fingerprint density at radius 3 is 2.59 bits per heavy atom. The largest absolute Gasteiger partial charge is 0.755 e. The third-order valence-corrected chi connectivity index (χ3v) is 5.98. The molecule has 2 heterocycles. The number of benzene rings is 2. The van der Waals surface area contributed by atoms with Crippen molar-refractivity contribution in [2.45, 2.75) is 13.2 Å². The summed E-state index contributed by atoms with van der Waals surface area (Å²) in [5.41, 5.74) is 6.24. The Labute approximate surface area is 216 Å². The highest BCUT2D eigenvalue weighted by Crippen LogP contribution is 2.37. The summed E-state index contributed by atoms with van der Waals surface area (Å²) in [5, 5.41) is 10.2. The lowest BCUT2D eigenvalue weighted by molar-refractivity contribution is 0.100. The van der Waals surface area contributed by atoms with E-state index in [-0.39, 0.29) is 39.3 Å². The first-order valence-corrected chi connectivity index (χ1v) is 11.9. The summed E-state index contributed by atoms with van der Waals surface area (Å²) in [6.07, 6.45) is 1.54. The number of ether oxygens (including phenoxy) is 1. The molecule has 4 rings (SSSR count). The molecular weight excluding hydrogens is 530 g/mol. The molecule has 1 atom stereocenters. The van der Waals surface area contributed by atoms with Crippen LogP contribution in [-0.2, 0) is 17.9 Å². The number of primary amides is 1. The number of H-pyrrole nitrogens is 1. The van der Waals surface area contributed by atoms with Gasteiger partial charge >= 0.3 is 6.55 Å². The zero-order chi connectivity index (χ0) is 26.5. The van der Waals surface area contributed by atoms with E-state index >= 15 is 0 Å². The van der Waals surface area contributed by atoms with Crippen molar-refractivity contribution in [2.24, 2.45) is 5.73 Å². The number of amides is 1. The summed E-state index contributed by atoms with van der Waals surface area (Å²) in [5.74, 6) is -0.536. The quantitative estimate of drug-likeness (QED) is 0.197. The molecular formula is C23H18ClF2N6O4S-. The third kappa shape index (κ3) is 6.02. The lowest BCUT2D eigenvalue weighted by Crippen LogP contribution is -2.31. The zero-order valence-corrected chi connectivity index (χ0v) is 20.3. The maximum atomic E-state index is 13.6. The Hall–Kier alpha value is -4.07. The molecule has 14 heteroatoms. The highest BCUT2D eigenvalue weighted by molar-refractivity contribution is 7.80. The lowest BCUT2D eigenvalue weighted by atomic mass is 10.1. The number of carbonyl (C=O) groups excluding carboxylic acids is 1. The van der Waals surface area contributed by atoms with Gasteiger partial charge in [-0.2, -0.15) is 13.9 Å². The Morgan fingerprint density at radius 2 is 1.97 bits per heavy atom. The van der Waals surface area contributed by atoms with E-state index in [2.05, 4.69) is 20.5 Å². The molecule has 4 N–H and O–H groups in total. The maximum absolute atomic E-state index is 13.6. The summed E-state index contributed by atoms with van der Waals surface area (Å²) >= 11 is 2.59. The number of aromatic amines is 1. The van der Waals surface area contributed by atoms with Gasteiger partial charge in [0.1, 0.15) is 23.7 Å². The molecule has 0 bridgehead atoms. The minimum atomic E-state index is -3.37. The second-order valence-electron chi connectivity index (χ2n) is 7.44. The normalized spacial score (nSPS) is 11.8. The maximum Gasteiger partial charge on any atom is 0.325 e.